The summed E-state index contributed by atoms with van der Waals surface area (Å²) in [5.74, 6) is -0.590. The van der Waals surface area contributed by atoms with Gasteiger partial charge in [-0.1, -0.05) is 15.9 Å². The van der Waals surface area contributed by atoms with Crippen molar-refractivity contribution in [2.75, 3.05) is 20.2 Å². The lowest BCUT2D eigenvalue weighted by Gasteiger charge is -2.30. The second-order valence-corrected chi connectivity index (χ2v) is 9.55. The van der Waals surface area contributed by atoms with Crippen LogP contribution in [0.3, 0.4) is 0 Å². The number of hydrogen-bond donors (Lipinski definition) is 0. The van der Waals surface area contributed by atoms with Gasteiger partial charge in [0, 0.05) is 23.1 Å². The van der Waals surface area contributed by atoms with Crippen LogP contribution >= 0.6 is 15.9 Å². The first-order valence-electron chi connectivity index (χ1n) is 9.06. The lowest BCUT2D eigenvalue weighted by molar-refractivity contribution is -0.151. The van der Waals surface area contributed by atoms with Gasteiger partial charge in [-0.15, -0.1) is 0 Å². The van der Waals surface area contributed by atoms with E-state index in [0.29, 0.717) is 18.6 Å². The van der Waals surface area contributed by atoms with Crippen LogP contribution in [-0.4, -0.2) is 38.9 Å². The van der Waals surface area contributed by atoms with Crippen molar-refractivity contribution in [2.24, 2.45) is 5.92 Å². The monoisotopic (exact) mass is 485 g/mol. The molecule has 0 radical (unpaired) electrons. The minimum Gasteiger partial charge on any atom is -0.496 e. The molecule has 0 spiro atoms. The van der Waals surface area contributed by atoms with E-state index in [1.54, 1.807) is 13.2 Å². The highest BCUT2D eigenvalue weighted by molar-refractivity contribution is 9.10. The van der Waals surface area contributed by atoms with E-state index in [4.69, 9.17) is 9.47 Å². The van der Waals surface area contributed by atoms with Gasteiger partial charge in [-0.2, -0.15) is 4.31 Å². The van der Waals surface area contributed by atoms with Gasteiger partial charge in [0.05, 0.1) is 17.9 Å². The van der Waals surface area contributed by atoms with E-state index >= 15 is 0 Å². The molecule has 2 aromatic carbocycles. The molecule has 1 aliphatic heterocycles. The smallest absolute Gasteiger partial charge is 0.309 e. The molecule has 29 heavy (non-hydrogen) atoms. The van der Waals surface area contributed by atoms with Crippen molar-refractivity contribution in [1.29, 1.82) is 0 Å². The molecule has 0 saturated carbocycles. The van der Waals surface area contributed by atoms with Crippen molar-refractivity contribution in [3.63, 3.8) is 0 Å². The first-order chi connectivity index (χ1) is 13.8. The van der Waals surface area contributed by atoms with Crippen molar-refractivity contribution >= 4 is 31.9 Å². The minimum absolute atomic E-state index is 0.0432. The summed E-state index contributed by atoms with van der Waals surface area (Å²) in [7, 11) is -2.16. The molecule has 0 amide bonds. The largest absolute Gasteiger partial charge is 0.496 e. The van der Waals surface area contributed by atoms with Crippen LogP contribution in [0.5, 0.6) is 5.75 Å². The van der Waals surface area contributed by atoms with Crippen LogP contribution < -0.4 is 4.74 Å². The summed E-state index contributed by atoms with van der Waals surface area (Å²) >= 11 is 3.38. The van der Waals surface area contributed by atoms with Gasteiger partial charge in [0.1, 0.15) is 18.2 Å². The Hall–Kier alpha value is -1.97. The molecule has 9 heteroatoms. The fourth-order valence-electron chi connectivity index (χ4n) is 3.21. The predicted octanol–water partition coefficient (Wildman–Crippen LogP) is 3.74. The maximum Gasteiger partial charge on any atom is 0.309 e. The van der Waals surface area contributed by atoms with Crippen molar-refractivity contribution in [1.82, 2.24) is 4.31 Å². The topological polar surface area (TPSA) is 72.9 Å². The van der Waals surface area contributed by atoms with Gasteiger partial charge in [0.2, 0.25) is 10.0 Å². The normalized spacial score (nSPS) is 15.8. The minimum atomic E-state index is -3.70. The molecule has 1 saturated heterocycles. The number of carbonyl (C=O) groups excluding carboxylic acids is 1. The molecule has 2 aromatic rings. The molecule has 1 aliphatic rings. The number of esters is 1. The third-order valence-corrected chi connectivity index (χ3v) is 7.26. The fraction of sp³-hybridized carbons (Fsp3) is 0.350. The maximum absolute atomic E-state index is 13.1. The van der Waals surface area contributed by atoms with Gasteiger partial charge in [-0.25, -0.2) is 12.8 Å². The number of rotatable bonds is 6. The van der Waals surface area contributed by atoms with E-state index < -0.39 is 15.8 Å². The second kappa shape index (κ2) is 9.23. The zero-order valence-corrected chi connectivity index (χ0v) is 18.2. The highest BCUT2D eigenvalue weighted by Gasteiger charge is 2.32. The summed E-state index contributed by atoms with van der Waals surface area (Å²) in [6.45, 7) is 0.495. The van der Waals surface area contributed by atoms with Crippen molar-refractivity contribution < 1.29 is 27.1 Å². The van der Waals surface area contributed by atoms with Crippen LogP contribution in [-0.2, 0) is 26.2 Å². The van der Waals surface area contributed by atoms with Gasteiger partial charge in [-0.3, -0.25) is 4.79 Å². The molecule has 1 heterocycles. The molecule has 3 rings (SSSR count). The number of methoxy groups -OCH3 is 1. The average Bonchev–Trinajstić information content (AvgIpc) is 2.72. The summed E-state index contributed by atoms with van der Waals surface area (Å²) < 4.78 is 51.2. The molecular weight excluding hydrogens is 465 g/mol. The zero-order valence-electron chi connectivity index (χ0n) is 15.8. The molecule has 0 bridgehead atoms. The molecule has 0 atom stereocenters. The van der Waals surface area contributed by atoms with Crippen LogP contribution in [0.15, 0.2) is 51.8 Å². The van der Waals surface area contributed by atoms with E-state index in [2.05, 4.69) is 15.9 Å². The fourth-order valence-corrected chi connectivity index (χ4v) is 5.09. The second-order valence-electron chi connectivity index (χ2n) is 6.70. The first kappa shape index (κ1) is 21.7. The zero-order chi connectivity index (χ0) is 21.0. The van der Waals surface area contributed by atoms with Crippen molar-refractivity contribution in [3.8, 4) is 5.75 Å². The lowest BCUT2D eigenvalue weighted by Crippen LogP contribution is -2.40. The quantitative estimate of drug-likeness (QED) is 0.582. The van der Waals surface area contributed by atoms with Gasteiger partial charge < -0.3 is 9.47 Å². The van der Waals surface area contributed by atoms with E-state index in [-0.39, 0.29) is 36.5 Å². The van der Waals surface area contributed by atoms with Crippen LogP contribution in [0.25, 0.3) is 0 Å². The number of halogens is 2. The van der Waals surface area contributed by atoms with Crippen LogP contribution in [0.4, 0.5) is 4.39 Å². The van der Waals surface area contributed by atoms with Gasteiger partial charge >= 0.3 is 5.97 Å². The van der Waals surface area contributed by atoms with E-state index in [1.165, 1.54) is 16.4 Å². The van der Waals surface area contributed by atoms with Crippen LogP contribution in [0.2, 0.25) is 0 Å². The Balaban J connectivity index is 1.57. The Morgan fingerprint density at radius 1 is 1.17 bits per heavy atom. The Bertz CT molecular complexity index is 973. The van der Waals surface area contributed by atoms with E-state index in [0.717, 1.165) is 22.2 Å². The first-order valence-corrected chi connectivity index (χ1v) is 11.3. The SMILES string of the molecule is COc1ccc(Br)cc1COC(=O)C1CCN(S(=O)(=O)c2ccc(F)cc2)CC1. The number of nitrogens with zero attached hydrogens (tertiary/aromatic N) is 1. The Morgan fingerprint density at radius 3 is 2.45 bits per heavy atom. The number of carbonyl (C=O) groups is 1. The number of hydrogen-bond acceptors (Lipinski definition) is 5. The molecule has 0 unspecified atom stereocenters. The number of piperidine rings is 1. The Labute approximate surface area is 177 Å². The lowest BCUT2D eigenvalue weighted by atomic mass is 9.98. The molecule has 0 aromatic heterocycles. The van der Waals surface area contributed by atoms with Crippen molar-refractivity contribution in [3.05, 3.63) is 58.3 Å². The molecule has 156 valence electrons. The molecule has 0 aliphatic carbocycles. The third kappa shape index (κ3) is 5.15. The number of ether oxygens (including phenoxy) is 2. The molecule has 0 N–H and O–H groups in total. The average molecular weight is 486 g/mol. The van der Waals surface area contributed by atoms with Crippen molar-refractivity contribution in [2.45, 2.75) is 24.3 Å². The van der Waals surface area contributed by atoms with E-state index in [9.17, 15) is 17.6 Å². The summed E-state index contributed by atoms with van der Waals surface area (Å²) in [4.78, 5) is 12.5. The summed E-state index contributed by atoms with van der Waals surface area (Å²) in [5, 5.41) is 0. The molecular formula is C20H21BrFNO5S. The summed E-state index contributed by atoms with van der Waals surface area (Å²) in [6, 6.07) is 10.2. The predicted molar refractivity (Wildman–Crippen MR) is 108 cm³/mol. The van der Waals surface area contributed by atoms with E-state index in [1.807, 2.05) is 12.1 Å². The standard InChI is InChI=1S/C20H21BrFNO5S/c1-27-19-7-2-16(21)12-15(19)13-28-20(24)14-8-10-23(11-9-14)29(25,26)18-5-3-17(22)4-6-18/h2-7,12,14H,8-11,13H2,1H3. The van der Waals surface area contributed by atoms with Gasteiger partial charge in [-0.05, 0) is 55.3 Å². The highest BCUT2D eigenvalue weighted by Crippen LogP contribution is 2.27. The van der Waals surface area contributed by atoms with Gasteiger partial charge in [0.15, 0.2) is 0 Å². The Kier molecular flexibility index (Phi) is 6.92. The maximum atomic E-state index is 13.1. The molecule has 1 fully saturated rings. The number of benzene rings is 2. The highest BCUT2D eigenvalue weighted by atomic mass is 79.9. The van der Waals surface area contributed by atoms with Crippen LogP contribution in [0.1, 0.15) is 18.4 Å². The third-order valence-electron chi connectivity index (χ3n) is 4.85. The Morgan fingerprint density at radius 2 is 1.83 bits per heavy atom. The molecule has 6 nitrogen and oxygen atoms in total. The summed E-state index contributed by atoms with van der Waals surface area (Å²) in [5.41, 5.74) is 0.742. The summed E-state index contributed by atoms with van der Waals surface area (Å²) in [6.07, 6.45) is 0.740. The van der Waals surface area contributed by atoms with Gasteiger partial charge in [0.25, 0.3) is 0 Å². The number of sulfonamides is 1. The van der Waals surface area contributed by atoms with Crippen LogP contribution in [0, 0.1) is 11.7 Å².